The van der Waals surface area contributed by atoms with Gasteiger partial charge in [0.25, 0.3) is 0 Å². The van der Waals surface area contributed by atoms with E-state index >= 15 is 0 Å². The Hall–Kier alpha value is -0.650. The average molecular weight is 258 g/mol. The van der Waals surface area contributed by atoms with Gasteiger partial charge in [-0.05, 0) is 32.4 Å². The lowest BCUT2D eigenvalue weighted by Crippen LogP contribution is -2.39. The minimum Gasteiger partial charge on any atom is -0.395 e. The molecule has 5 nitrogen and oxygen atoms in total. The Kier molecular flexibility index (Phi) is 7.96. The van der Waals surface area contributed by atoms with Crippen LogP contribution in [0.2, 0.25) is 0 Å². The van der Waals surface area contributed by atoms with Gasteiger partial charge in [-0.15, -0.1) is 0 Å². The monoisotopic (exact) mass is 258 g/mol. The highest BCUT2D eigenvalue weighted by Gasteiger charge is 2.17. The lowest BCUT2D eigenvalue weighted by Gasteiger charge is -2.25. The van der Waals surface area contributed by atoms with E-state index < -0.39 is 0 Å². The molecule has 5 heteroatoms. The smallest absolute Gasteiger partial charge is 0.248 e. The van der Waals surface area contributed by atoms with Crippen molar-refractivity contribution in [1.82, 2.24) is 10.2 Å². The van der Waals surface area contributed by atoms with Crippen molar-refractivity contribution >= 4 is 5.91 Å². The van der Waals surface area contributed by atoms with Crippen LogP contribution in [0, 0.1) is 0 Å². The van der Waals surface area contributed by atoms with E-state index in [1.54, 1.807) is 4.90 Å². The largest absolute Gasteiger partial charge is 0.395 e. The maximum atomic E-state index is 12.0. The molecular weight excluding hydrogens is 232 g/mol. The minimum absolute atomic E-state index is 0.00367. The molecule has 1 aliphatic heterocycles. The predicted molar refractivity (Wildman–Crippen MR) is 70.4 cm³/mol. The second-order valence-corrected chi connectivity index (χ2v) is 4.72. The van der Waals surface area contributed by atoms with Crippen molar-refractivity contribution in [2.75, 3.05) is 39.4 Å². The summed E-state index contributed by atoms with van der Waals surface area (Å²) in [7, 11) is 0. The first-order chi connectivity index (χ1) is 8.77. The fourth-order valence-electron chi connectivity index (χ4n) is 2.07. The highest BCUT2D eigenvalue weighted by molar-refractivity contribution is 5.77. The molecule has 0 atom stereocenters. The fraction of sp³-hybridized carbons (Fsp3) is 0.923. The summed E-state index contributed by atoms with van der Waals surface area (Å²) in [6, 6.07) is 0. The Labute approximate surface area is 109 Å². The summed E-state index contributed by atoms with van der Waals surface area (Å²) in [4.78, 5) is 13.7. The Morgan fingerprint density at radius 1 is 1.39 bits per heavy atom. The fourth-order valence-corrected chi connectivity index (χ4v) is 2.07. The molecule has 0 aromatic heterocycles. The van der Waals surface area contributed by atoms with Gasteiger partial charge in [-0.25, -0.2) is 0 Å². The number of nitrogens with zero attached hydrogens (tertiary/aromatic N) is 1. The van der Waals surface area contributed by atoms with E-state index in [0.29, 0.717) is 13.1 Å². The van der Waals surface area contributed by atoms with E-state index in [0.717, 1.165) is 38.8 Å². The first kappa shape index (κ1) is 15.4. The summed E-state index contributed by atoms with van der Waals surface area (Å²) in [5.74, 6) is -0.00367. The summed E-state index contributed by atoms with van der Waals surface area (Å²) >= 11 is 0. The number of rotatable bonds is 8. The third-order valence-electron chi connectivity index (χ3n) is 3.23. The highest BCUT2D eigenvalue weighted by Crippen LogP contribution is 2.07. The van der Waals surface area contributed by atoms with Gasteiger partial charge in [0.2, 0.25) is 5.91 Å². The second-order valence-electron chi connectivity index (χ2n) is 4.72. The zero-order valence-electron chi connectivity index (χ0n) is 11.4. The molecule has 18 heavy (non-hydrogen) atoms. The van der Waals surface area contributed by atoms with Crippen LogP contribution in [0.4, 0.5) is 0 Å². The van der Waals surface area contributed by atoms with Gasteiger partial charge in [0.15, 0.2) is 0 Å². The molecule has 1 rings (SSSR count). The maximum Gasteiger partial charge on any atom is 0.248 e. The lowest BCUT2D eigenvalue weighted by atomic mass is 10.1. The number of piperidine rings is 1. The number of aliphatic hydroxyl groups excluding tert-OH is 1. The number of ether oxygens (including phenoxy) is 1. The summed E-state index contributed by atoms with van der Waals surface area (Å²) in [5, 5.41) is 12.2. The SMILES string of the molecule is CCCCN(CCO)C(=O)COC1CCNCC1. The van der Waals surface area contributed by atoms with Gasteiger partial charge >= 0.3 is 0 Å². The van der Waals surface area contributed by atoms with Crippen LogP contribution in [0.25, 0.3) is 0 Å². The number of nitrogens with one attached hydrogen (secondary N) is 1. The number of carbonyl (C=O) groups excluding carboxylic acids is 1. The second kappa shape index (κ2) is 9.30. The number of aliphatic hydroxyl groups is 1. The van der Waals surface area contributed by atoms with Gasteiger partial charge in [-0.1, -0.05) is 13.3 Å². The van der Waals surface area contributed by atoms with Crippen molar-refractivity contribution in [3.8, 4) is 0 Å². The molecule has 0 aliphatic carbocycles. The van der Waals surface area contributed by atoms with Crippen LogP contribution in [-0.2, 0) is 9.53 Å². The van der Waals surface area contributed by atoms with E-state index in [2.05, 4.69) is 12.2 Å². The van der Waals surface area contributed by atoms with E-state index in [-0.39, 0.29) is 25.2 Å². The summed E-state index contributed by atoms with van der Waals surface area (Å²) < 4.78 is 5.64. The van der Waals surface area contributed by atoms with Gasteiger partial charge < -0.3 is 20.1 Å². The predicted octanol–water partition coefficient (Wildman–Crippen LogP) is 0.376. The number of hydrogen-bond donors (Lipinski definition) is 2. The van der Waals surface area contributed by atoms with Crippen LogP contribution in [0.3, 0.4) is 0 Å². The topological polar surface area (TPSA) is 61.8 Å². The van der Waals surface area contributed by atoms with Crippen LogP contribution < -0.4 is 5.32 Å². The molecule has 1 heterocycles. The van der Waals surface area contributed by atoms with Crippen LogP contribution in [0.1, 0.15) is 32.6 Å². The third-order valence-corrected chi connectivity index (χ3v) is 3.23. The van der Waals surface area contributed by atoms with Crippen molar-refractivity contribution in [2.45, 2.75) is 38.7 Å². The first-order valence-electron chi connectivity index (χ1n) is 6.99. The summed E-state index contributed by atoms with van der Waals surface area (Å²) in [5.41, 5.74) is 0. The van der Waals surface area contributed by atoms with E-state index in [9.17, 15) is 4.79 Å². The molecule has 1 aliphatic rings. The molecule has 0 aromatic carbocycles. The quantitative estimate of drug-likeness (QED) is 0.660. The van der Waals surface area contributed by atoms with Crippen molar-refractivity contribution in [1.29, 1.82) is 0 Å². The van der Waals surface area contributed by atoms with Gasteiger partial charge in [-0.2, -0.15) is 0 Å². The van der Waals surface area contributed by atoms with Crippen molar-refractivity contribution in [3.63, 3.8) is 0 Å². The van der Waals surface area contributed by atoms with Crippen LogP contribution in [0.15, 0.2) is 0 Å². The van der Waals surface area contributed by atoms with Gasteiger partial charge in [0, 0.05) is 13.1 Å². The summed E-state index contributed by atoms with van der Waals surface area (Å²) in [6.07, 6.45) is 4.17. The lowest BCUT2D eigenvalue weighted by molar-refractivity contribution is -0.139. The zero-order valence-corrected chi connectivity index (χ0v) is 11.4. The molecule has 2 N–H and O–H groups in total. The summed E-state index contributed by atoms with van der Waals surface area (Å²) in [6.45, 7) is 5.31. The molecule has 1 fully saturated rings. The normalized spacial score (nSPS) is 16.8. The number of carbonyl (C=O) groups is 1. The van der Waals surface area contributed by atoms with Crippen molar-refractivity contribution < 1.29 is 14.6 Å². The van der Waals surface area contributed by atoms with Crippen molar-refractivity contribution in [3.05, 3.63) is 0 Å². The number of unbranched alkanes of at least 4 members (excludes halogenated alkanes) is 1. The molecule has 0 aromatic rings. The maximum absolute atomic E-state index is 12.0. The third kappa shape index (κ3) is 5.80. The van der Waals surface area contributed by atoms with Crippen LogP contribution in [-0.4, -0.2) is 61.4 Å². The Bertz CT molecular complexity index is 230. The minimum atomic E-state index is -0.00367. The Balaban J connectivity index is 2.26. The molecule has 0 bridgehead atoms. The highest BCUT2D eigenvalue weighted by atomic mass is 16.5. The molecule has 0 spiro atoms. The molecule has 106 valence electrons. The molecule has 0 saturated carbocycles. The van der Waals surface area contributed by atoms with E-state index in [4.69, 9.17) is 9.84 Å². The van der Waals surface area contributed by atoms with Gasteiger partial charge in [-0.3, -0.25) is 4.79 Å². The van der Waals surface area contributed by atoms with Crippen molar-refractivity contribution in [2.24, 2.45) is 0 Å². The standard InChI is InChI=1S/C13H26N2O3/c1-2-3-8-15(9-10-16)13(17)11-18-12-4-6-14-7-5-12/h12,14,16H,2-11H2,1H3. The van der Waals surface area contributed by atoms with Crippen LogP contribution >= 0.6 is 0 Å². The molecule has 1 amide bonds. The average Bonchev–Trinajstić information content (AvgIpc) is 2.42. The molecule has 0 unspecified atom stereocenters. The number of hydrogen-bond acceptors (Lipinski definition) is 4. The molecular formula is C13H26N2O3. The molecule has 0 radical (unpaired) electrons. The Morgan fingerprint density at radius 2 is 2.11 bits per heavy atom. The van der Waals surface area contributed by atoms with Gasteiger partial charge in [0.05, 0.1) is 12.7 Å². The zero-order chi connectivity index (χ0) is 13.2. The van der Waals surface area contributed by atoms with Crippen LogP contribution in [0.5, 0.6) is 0 Å². The first-order valence-corrected chi connectivity index (χ1v) is 6.99. The molecule has 1 saturated heterocycles. The number of amides is 1. The Morgan fingerprint density at radius 3 is 2.72 bits per heavy atom. The van der Waals surface area contributed by atoms with E-state index in [1.165, 1.54) is 0 Å². The van der Waals surface area contributed by atoms with Gasteiger partial charge in [0.1, 0.15) is 6.61 Å². The van der Waals surface area contributed by atoms with E-state index in [1.807, 2.05) is 0 Å².